The molecule has 0 saturated heterocycles. The fourth-order valence-electron chi connectivity index (χ4n) is 1.10. The van der Waals surface area contributed by atoms with E-state index in [1.54, 1.807) is 0 Å². The smallest absolute Gasteiger partial charge is 0.303 e. The van der Waals surface area contributed by atoms with Crippen LogP contribution in [-0.2, 0) is 22.7 Å². The van der Waals surface area contributed by atoms with Gasteiger partial charge in [-0.05, 0) is 13.8 Å². The summed E-state index contributed by atoms with van der Waals surface area (Å²) in [6.07, 6.45) is 4.16. The fourth-order valence-corrected chi connectivity index (χ4v) is 1.44. The first-order valence-electron chi connectivity index (χ1n) is 5.03. The van der Waals surface area contributed by atoms with E-state index in [4.69, 9.17) is 9.79 Å². The largest absolute Gasteiger partial charge is 0.469 e. The standard InChI is InChI=1S/C7H13N2.C2H7O4P/c1-4-9-6-5-8(3)7(9)2;1-2-6-7(3,4)5/h5-6H,4H2,1-3H3;2H2,1H3,(H2,3,4,5)/q+1;. The van der Waals surface area contributed by atoms with Crippen molar-refractivity contribution in [3.8, 4) is 0 Å². The predicted octanol–water partition coefficient (Wildman–Crippen LogP) is 0.757. The van der Waals surface area contributed by atoms with Gasteiger partial charge in [0.25, 0.3) is 5.82 Å². The van der Waals surface area contributed by atoms with Crippen LogP contribution in [0.2, 0.25) is 0 Å². The molecule has 0 spiro atoms. The van der Waals surface area contributed by atoms with Crippen LogP contribution in [0, 0.1) is 6.92 Å². The third-order valence-electron chi connectivity index (χ3n) is 2.03. The molecule has 0 aromatic carbocycles. The van der Waals surface area contributed by atoms with Crippen molar-refractivity contribution in [3.63, 3.8) is 0 Å². The Bertz CT molecular complexity index is 358. The third kappa shape index (κ3) is 6.02. The van der Waals surface area contributed by atoms with Gasteiger partial charge in [0.2, 0.25) is 0 Å². The van der Waals surface area contributed by atoms with E-state index in [-0.39, 0.29) is 6.61 Å². The quantitative estimate of drug-likeness (QED) is 0.614. The lowest BCUT2D eigenvalue weighted by molar-refractivity contribution is -0.699. The minimum absolute atomic E-state index is 0.0459. The first-order chi connectivity index (χ1) is 7.31. The van der Waals surface area contributed by atoms with Gasteiger partial charge in [-0.1, -0.05) is 0 Å². The molecule has 16 heavy (non-hydrogen) atoms. The Balaban J connectivity index is 0.000000293. The summed E-state index contributed by atoms with van der Waals surface area (Å²) in [5, 5.41) is 0. The Morgan fingerprint density at radius 2 is 2.06 bits per heavy atom. The first-order valence-corrected chi connectivity index (χ1v) is 6.56. The Labute approximate surface area is 95.7 Å². The maximum atomic E-state index is 9.70. The van der Waals surface area contributed by atoms with E-state index in [1.165, 1.54) is 12.7 Å². The van der Waals surface area contributed by atoms with Crippen molar-refractivity contribution in [1.82, 2.24) is 4.57 Å². The lowest BCUT2D eigenvalue weighted by Crippen LogP contribution is -2.33. The molecule has 0 amide bonds. The maximum Gasteiger partial charge on any atom is 0.469 e. The number of phosphoric acid groups is 1. The molecule has 1 rings (SSSR count). The second-order valence-corrected chi connectivity index (χ2v) is 4.39. The van der Waals surface area contributed by atoms with E-state index in [2.05, 4.69) is 46.9 Å². The summed E-state index contributed by atoms with van der Waals surface area (Å²) in [6.45, 7) is 6.88. The van der Waals surface area contributed by atoms with Crippen LogP contribution in [0.1, 0.15) is 19.7 Å². The molecule has 1 heterocycles. The molecule has 94 valence electrons. The van der Waals surface area contributed by atoms with Gasteiger partial charge in [-0.25, -0.2) is 13.7 Å². The lowest BCUT2D eigenvalue weighted by Gasteiger charge is -1.98. The molecule has 0 bridgehead atoms. The first kappa shape index (κ1) is 15.3. The van der Waals surface area contributed by atoms with Crippen molar-refractivity contribution in [3.05, 3.63) is 18.2 Å². The third-order valence-corrected chi connectivity index (χ3v) is 2.63. The molecule has 1 aromatic rings. The van der Waals surface area contributed by atoms with Gasteiger partial charge in [0.1, 0.15) is 12.4 Å². The van der Waals surface area contributed by atoms with E-state index in [9.17, 15) is 4.57 Å². The zero-order valence-electron chi connectivity index (χ0n) is 10.1. The second kappa shape index (κ2) is 6.81. The van der Waals surface area contributed by atoms with Gasteiger partial charge in [0.05, 0.1) is 20.2 Å². The number of nitrogens with zero attached hydrogens (tertiary/aromatic N) is 2. The molecular formula is C9H20N2O4P+. The van der Waals surface area contributed by atoms with Gasteiger partial charge in [-0.2, -0.15) is 0 Å². The molecule has 0 aliphatic rings. The fraction of sp³-hybridized carbons (Fsp3) is 0.667. The SMILES string of the molecule is CCOP(=O)(O)O.CC[n+]1ccn(C)c1C. The second-order valence-electron chi connectivity index (χ2n) is 3.15. The van der Waals surface area contributed by atoms with Crippen LogP contribution in [0.5, 0.6) is 0 Å². The Kier molecular flexibility index (Phi) is 6.52. The van der Waals surface area contributed by atoms with Gasteiger partial charge in [0.15, 0.2) is 0 Å². The van der Waals surface area contributed by atoms with Crippen LogP contribution in [0.4, 0.5) is 0 Å². The maximum absolute atomic E-state index is 9.70. The van der Waals surface area contributed by atoms with E-state index in [1.807, 2.05) is 0 Å². The van der Waals surface area contributed by atoms with Crippen LogP contribution in [-0.4, -0.2) is 21.0 Å². The molecule has 0 fully saturated rings. The van der Waals surface area contributed by atoms with Gasteiger partial charge in [-0.3, -0.25) is 4.52 Å². The summed E-state index contributed by atoms with van der Waals surface area (Å²) in [5.74, 6) is 1.30. The summed E-state index contributed by atoms with van der Waals surface area (Å²) >= 11 is 0. The van der Waals surface area contributed by atoms with Crippen LogP contribution in [0.15, 0.2) is 12.4 Å². The average molecular weight is 251 g/mol. The van der Waals surface area contributed by atoms with Crippen LogP contribution >= 0.6 is 7.82 Å². The van der Waals surface area contributed by atoms with E-state index >= 15 is 0 Å². The van der Waals surface area contributed by atoms with E-state index < -0.39 is 7.82 Å². The highest BCUT2D eigenvalue weighted by Gasteiger charge is 2.10. The number of aromatic nitrogens is 2. The number of hydrogen-bond acceptors (Lipinski definition) is 2. The highest BCUT2D eigenvalue weighted by Crippen LogP contribution is 2.34. The molecule has 2 N–H and O–H groups in total. The number of aryl methyl sites for hydroxylation is 2. The lowest BCUT2D eigenvalue weighted by atomic mass is 10.6. The number of imidazole rings is 1. The molecule has 6 nitrogen and oxygen atoms in total. The monoisotopic (exact) mass is 251 g/mol. The highest BCUT2D eigenvalue weighted by molar-refractivity contribution is 7.46. The van der Waals surface area contributed by atoms with Crippen molar-refractivity contribution < 1.29 is 23.4 Å². The number of hydrogen-bond donors (Lipinski definition) is 2. The summed E-state index contributed by atoms with van der Waals surface area (Å²) in [6, 6.07) is 0. The number of phosphoric ester groups is 1. The zero-order valence-corrected chi connectivity index (χ0v) is 11.0. The summed E-state index contributed by atoms with van der Waals surface area (Å²) < 4.78 is 17.9. The number of rotatable bonds is 3. The van der Waals surface area contributed by atoms with Crippen molar-refractivity contribution in [2.75, 3.05) is 6.61 Å². The molecule has 1 aromatic heterocycles. The molecule has 0 aliphatic heterocycles. The average Bonchev–Trinajstić information content (AvgIpc) is 2.46. The van der Waals surface area contributed by atoms with Gasteiger partial charge < -0.3 is 9.79 Å². The van der Waals surface area contributed by atoms with Gasteiger partial charge >= 0.3 is 7.82 Å². The molecular weight excluding hydrogens is 231 g/mol. The van der Waals surface area contributed by atoms with Crippen molar-refractivity contribution in [2.24, 2.45) is 7.05 Å². The normalized spacial score (nSPS) is 10.9. The molecule has 0 atom stereocenters. The van der Waals surface area contributed by atoms with Crippen molar-refractivity contribution in [2.45, 2.75) is 27.3 Å². The Hall–Kier alpha value is -0.680. The minimum atomic E-state index is -4.17. The van der Waals surface area contributed by atoms with Crippen LogP contribution in [0.3, 0.4) is 0 Å². The molecule has 7 heteroatoms. The summed E-state index contributed by atoms with van der Waals surface area (Å²) in [7, 11) is -2.11. The van der Waals surface area contributed by atoms with E-state index in [0.29, 0.717) is 0 Å². The van der Waals surface area contributed by atoms with E-state index in [0.717, 1.165) is 6.54 Å². The Morgan fingerprint density at radius 1 is 1.50 bits per heavy atom. The van der Waals surface area contributed by atoms with Gasteiger partial charge in [-0.15, -0.1) is 0 Å². The molecule has 0 aliphatic carbocycles. The zero-order chi connectivity index (χ0) is 12.8. The Morgan fingerprint density at radius 3 is 2.19 bits per heavy atom. The van der Waals surface area contributed by atoms with Crippen molar-refractivity contribution >= 4 is 7.82 Å². The summed E-state index contributed by atoms with van der Waals surface area (Å²) in [5.41, 5.74) is 0. The van der Waals surface area contributed by atoms with Crippen LogP contribution < -0.4 is 4.57 Å². The topological polar surface area (TPSA) is 75.6 Å². The van der Waals surface area contributed by atoms with Gasteiger partial charge in [0, 0.05) is 6.92 Å². The highest BCUT2D eigenvalue weighted by atomic mass is 31.2. The summed E-state index contributed by atoms with van der Waals surface area (Å²) in [4.78, 5) is 15.8. The van der Waals surface area contributed by atoms with Crippen LogP contribution in [0.25, 0.3) is 0 Å². The molecule has 0 saturated carbocycles. The molecule has 0 radical (unpaired) electrons. The predicted molar refractivity (Wildman–Crippen MR) is 59.7 cm³/mol. The molecule has 0 unspecified atom stereocenters. The minimum Gasteiger partial charge on any atom is -0.303 e. The van der Waals surface area contributed by atoms with Crippen molar-refractivity contribution in [1.29, 1.82) is 0 Å².